The van der Waals surface area contributed by atoms with Crippen LogP contribution in [0.25, 0.3) is 0 Å². The van der Waals surface area contributed by atoms with Crippen LogP contribution in [0.1, 0.15) is 37.9 Å². The van der Waals surface area contributed by atoms with Gasteiger partial charge in [0.1, 0.15) is 5.82 Å². The summed E-state index contributed by atoms with van der Waals surface area (Å²) in [5.74, 6) is 2.09. The fourth-order valence-corrected chi connectivity index (χ4v) is 3.45. The Balaban J connectivity index is 2.37. The second-order valence-corrected chi connectivity index (χ2v) is 5.89. The summed E-state index contributed by atoms with van der Waals surface area (Å²) in [6.07, 6.45) is 2.63. The Morgan fingerprint density at radius 2 is 2.06 bits per heavy atom. The SMILES string of the molecule is Cc1nn(C)c(N2CC(C)CCC2C)c1CBr. The van der Waals surface area contributed by atoms with E-state index in [2.05, 4.69) is 53.7 Å². The average molecular weight is 300 g/mol. The molecule has 17 heavy (non-hydrogen) atoms. The normalized spacial score (nSPS) is 25.4. The van der Waals surface area contributed by atoms with Crippen molar-refractivity contribution in [1.29, 1.82) is 0 Å². The number of aromatic nitrogens is 2. The molecule has 0 aromatic carbocycles. The molecule has 0 amide bonds. The van der Waals surface area contributed by atoms with Crippen LogP contribution in [0.3, 0.4) is 0 Å². The number of anilines is 1. The Morgan fingerprint density at radius 3 is 2.71 bits per heavy atom. The molecule has 1 fully saturated rings. The minimum Gasteiger partial charge on any atom is -0.354 e. The molecule has 1 aromatic heterocycles. The van der Waals surface area contributed by atoms with E-state index in [0.29, 0.717) is 6.04 Å². The summed E-state index contributed by atoms with van der Waals surface area (Å²) < 4.78 is 2.04. The fourth-order valence-electron chi connectivity index (χ4n) is 2.79. The van der Waals surface area contributed by atoms with E-state index in [0.717, 1.165) is 23.5 Å². The van der Waals surface area contributed by atoms with Gasteiger partial charge in [-0.1, -0.05) is 22.9 Å². The summed E-state index contributed by atoms with van der Waals surface area (Å²) in [7, 11) is 2.06. The van der Waals surface area contributed by atoms with Crippen LogP contribution in [0.15, 0.2) is 0 Å². The molecule has 0 N–H and O–H groups in total. The Morgan fingerprint density at radius 1 is 1.35 bits per heavy atom. The first kappa shape index (κ1) is 12.9. The molecule has 1 aliphatic heterocycles. The summed E-state index contributed by atoms with van der Waals surface area (Å²) in [5, 5.41) is 5.45. The van der Waals surface area contributed by atoms with Gasteiger partial charge in [-0.15, -0.1) is 0 Å². The maximum absolute atomic E-state index is 4.56. The summed E-state index contributed by atoms with van der Waals surface area (Å²) in [5.41, 5.74) is 2.48. The number of halogens is 1. The largest absolute Gasteiger partial charge is 0.354 e. The highest BCUT2D eigenvalue weighted by Crippen LogP contribution is 2.32. The van der Waals surface area contributed by atoms with Gasteiger partial charge in [0, 0.05) is 30.5 Å². The van der Waals surface area contributed by atoms with E-state index in [4.69, 9.17) is 0 Å². The first-order valence-electron chi connectivity index (χ1n) is 6.39. The van der Waals surface area contributed by atoms with E-state index < -0.39 is 0 Å². The van der Waals surface area contributed by atoms with Crippen LogP contribution in [-0.2, 0) is 12.4 Å². The van der Waals surface area contributed by atoms with Gasteiger partial charge in [-0.25, -0.2) is 0 Å². The van der Waals surface area contributed by atoms with Crippen molar-refractivity contribution in [3.8, 4) is 0 Å². The Labute approximate surface area is 112 Å². The van der Waals surface area contributed by atoms with Crippen molar-refractivity contribution in [3.05, 3.63) is 11.3 Å². The van der Waals surface area contributed by atoms with Crippen molar-refractivity contribution in [1.82, 2.24) is 9.78 Å². The minimum atomic E-state index is 0.624. The van der Waals surface area contributed by atoms with Crippen molar-refractivity contribution in [2.24, 2.45) is 13.0 Å². The number of hydrogen-bond donors (Lipinski definition) is 0. The van der Waals surface area contributed by atoms with E-state index >= 15 is 0 Å². The monoisotopic (exact) mass is 299 g/mol. The van der Waals surface area contributed by atoms with Gasteiger partial charge in [-0.05, 0) is 32.6 Å². The van der Waals surface area contributed by atoms with Crippen molar-refractivity contribution in [3.63, 3.8) is 0 Å². The highest BCUT2D eigenvalue weighted by molar-refractivity contribution is 9.08. The van der Waals surface area contributed by atoms with Gasteiger partial charge in [0.05, 0.1) is 5.69 Å². The van der Waals surface area contributed by atoms with E-state index in [9.17, 15) is 0 Å². The number of nitrogens with zero attached hydrogens (tertiary/aromatic N) is 3. The van der Waals surface area contributed by atoms with Gasteiger partial charge >= 0.3 is 0 Å². The Kier molecular flexibility index (Phi) is 3.81. The standard InChI is InChI=1S/C13H22BrN3/c1-9-5-6-10(2)17(8-9)13-12(7-14)11(3)15-16(13)4/h9-10H,5-8H2,1-4H3. The topological polar surface area (TPSA) is 21.1 Å². The second kappa shape index (κ2) is 5.01. The first-order valence-corrected chi connectivity index (χ1v) is 7.51. The molecule has 0 bridgehead atoms. The summed E-state index contributed by atoms with van der Waals surface area (Å²) >= 11 is 3.59. The molecule has 1 saturated heterocycles. The molecule has 0 radical (unpaired) electrons. The molecule has 4 heteroatoms. The molecule has 0 aliphatic carbocycles. The van der Waals surface area contributed by atoms with E-state index in [1.807, 2.05) is 4.68 Å². The minimum absolute atomic E-state index is 0.624. The molecule has 3 nitrogen and oxygen atoms in total. The fraction of sp³-hybridized carbons (Fsp3) is 0.769. The molecule has 2 atom stereocenters. The molecular weight excluding hydrogens is 278 g/mol. The van der Waals surface area contributed by atoms with Gasteiger partial charge in [0.2, 0.25) is 0 Å². The van der Waals surface area contributed by atoms with Gasteiger partial charge in [-0.3, -0.25) is 4.68 Å². The lowest BCUT2D eigenvalue weighted by atomic mass is 9.95. The van der Waals surface area contributed by atoms with Gasteiger partial charge in [0.15, 0.2) is 0 Å². The average Bonchev–Trinajstić information content (AvgIpc) is 2.56. The van der Waals surface area contributed by atoms with Crippen molar-refractivity contribution < 1.29 is 0 Å². The molecule has 2 unspecified atom stereocenters. The van der Waals surface area contributed by atoms with Gasteiger partial charge in [0.25, 0.3) is 0 Å². The number of alkyl halides is 1. The van der Waals surface area contributed by atoms with Crippen LogP contribution < -0.4 is 4.90 Å². The Bertz CT molecular complexity index is 400. The predicted molar refractivity (Wildman–Crippen MR) is 75.8 cm³/mol. The molecule has 1 aliphatic rings. The molecule has 2 rings (SSSR count). The maximum atomic E-state index is 4.56. The van der Waals surface area contributed by atoms with Crippen LogP contribution in [0.4, 0.5) is 5.82 Å². The first-order chi connectivity index (χ1) is 8.04. The van der Waals surface area contributed by atoms with Crippen LogP contribution in [0.5, 0.6) is 0 Å². The number of aryl methyl sites for hydroxylation is 2. The third-order valence-corrected chi connectivity index (χ3v) is 4.40. The Hall–Kier alpha value is -0.510. The van der Waals surface area contributed by atoms with Crippen LogP contribution >= 0.6 is 15.9 Å². The van der Waals surface area contributed by atoms with Crippen molar-refractivity contribution >= 4 is 21.7 Å². The van der Waals surface area contributed by atoms with Crippen molar-refractivity contribution in [2.45, 2.75) is 45.0 Å². The molecular formula is C13H22BrN3. The third kappa shape index (κ3) is 2.37. The third-order valence-electron chi connectivity index (χ3n) is 3.84. The highest BCUT2D eigenvalue weighted by atomic mass is 79.9. The van der Waals surface area contributed by atoms with Gasteiger partial charge in [-0.2, -0.15) is 5.10 Å². The van der Waals surface area contributed by atoms with E-state index in [-0.39, 0.29) is 0 Å². The zero-order valence-electron chi connectivity index (χ0n) is 11.2. The number of piperidine rings is 1. The molecule has 0 spiro atoms. The lowest BCUT2D eigenvalue weighted by Gasteiger charge is -2.38. The highest BCUT2D eigenvalue weighted by Gasteiger charge is 2.27. The summed E-state index contributed by atoms with van der Waals surface area (Å²) in [4.78, 5) is 2.53. The molecule has 0 saturated carbocycles. The number of rotatable bonds is 2. The molecule has 2 heterocycles. The maximum Gasteiger partial charge on any atom is 0.131 e. The second-order valence-electron chi connectivity index (χ2n) is 5.33. The summed E-state index contributed by atoms with van der Waals surface area (Å²) in [6, 6.07) is 0.624. The van der Waals surface area contributed by atoms with Crippen molar-refractivity contribution in [2.75, 3.05) is 11.4 Å². The predicted octanol–water partition coefficient (Wildman–Crippen LogP) is 3.25. The van der Waals surface area contributed by atoms with Crippen LogP contribution in [0, 0.1) is 12.8 Å². The summed E-state index contributed by atoms with van der Waals surface area (Å²) in [6.45, 7) is 7.92. The smallest absolute Gasteiger partial charge is 0.131 e. The number of hydrogen-bond acceptors (Lipinski definition) is 2. The van der Waals surface area contributed by atoms with Gasteiger partial charge < -0.3 is 4.90 Å². The lowest BCUT2D eigenvalue weighted by molar-refractivity contribution is 0.384. The lowest BCUT2D eigenvalue weighted by Crippen LogP contribution is -2.42. The van der Waals surface area contributed by atoms with Crippen LogP contribution in [-0.4, -0.2) is 22.4 Å². The van der Waals surface area contributed by atoms with E-state index in [1.54, 1.807) is 0 Å². The zero-order valence-corrected chi connectivity index (χ0v) is 12.8. The molecule has 96 valence electrons. The molecule has 1 aromatic rings. The quantitative estimate of drug-likeness (QED) is 0.782. The zero-order chi connectivity index (χ0) is 12.6. The van der Waals surface area contributed by atoms with Crippen LogP contribution in [0.2, 0.25) is 0 Å². The van der Waals surface area contributed by atoms with E-state index in [1.165, 1.54) is 24.2 Å².